The van der Waals surface area contributed by atoms with Gasteiger partial charge in [-0.1, -0.05) is 11.6 Å². The number of hydrogen-bond acceptors (Lipinski definition) is 4. The number of carbonyl (C=O) groups is 1. The van der Waals surface area contributed by atoms with Crippen LogP contribution in [0.3, 0.4) is 0 Å². The summed E-state index contributed by atoms with van der Waals surface area (Å²) >= 11 is 7.56. The van der Waals surface area contributed by atoms with Crippen molar-refractivity contribution in [3.63, 3.8) is 0 Å². The van der Waals surface area contributed by atoms with Crippen LogP contribution in [0.25, 0.3) is 11.0 Å². The van der Waals surface area contributed by atoms with Gasteiger partial charge in [0.25, 0.3) is 0 Å². The predicted octanol–water partition coefficient (Wildman–Crippen LogP) is 4.10. The first kappa shape index (κ1) is 15.6. The molecular formula is C16H14ClN3O2S. The number of thiazole rings is 1. The number of aromatic nitrogens is 2. The first-order chi connectivity index (χ1) is 11.2. The normalized spacial score (nSPS) is 11.2. The highest BCUT2D eigenvalue weighted by Gasteiger charge is 2.08. The van der Waals surface area contributed by atoms with E-state index in [0.717, 1.165) is 10.7 Å². The Morgan fingerprint density at radius 1 is 1.43 bits per heavy atom. The van der Waals surface area contributed by atoms with E-state index in [4.69, 9.17) is 16.3 Å². The van der Waals surface area contributed by atoms with Crippen molar-refractivity contribution in [3.8, 4) is 5.75 Å². The van der Waals surface area contributed by atoms with Gasteiger partial charge >= 0.3 is 0 Å². The maximum absolute atomic E-state index is 12.0. The molecule has 0 radical (unpaired) electrons. The van der Waals surface area contributed by atoms with Gasteiger partial charge in [-0.3, -0.25) is 9.20 Å². The van der Waals surface area contributed by atoms with Gasteiger partial charge in [0, 0.05) is 23.3 Å². The molecule has 0 atom stereocenters. The van der Waals surface area contributed by atoms with Crippen molar-refractivity contribution in [2.45, 2.75) is 6.92 Å². The third-order valence-corrected chi connectivity index (χ3v) is 4.11. The molecular weight excluding hydrogens is 334 g/mol. The number of halogens is 1. The first-order valence-electron chi connectivity index (χ1n) is 7.00. The van der Waals surface area contributed by atoms with Gasteiger partial charge in [-0.05, 0) is 37.3 Å². The number of benzene rings is 1. The molecule has 23 heavy (non-hydrogen) atoms. The fraction of sp³-hybridized carbons (Fsp3) is 0.125. The summed E-state index contributed by atoms with van der Waals surface area (Å²) in [6.07, 6.45) is 4.95. The number of nitrogens with one attached hydrogen (secondary N) is 1. The fourth-order valence-electron chi connectivity index (χ4n) is 2.07. The Hall–Kier alpha value is -2.31. The molecule has 1 N–H and O–H groups in total. The molecule has 3 rings (SSSR count). The average molecular weight is 348 g/mol. The lowest BCUT2D eigenvalue weighted by Crippen LogP contribution is -2.07. The second-order valence-electron chi connectivity index (χ2n) is 4.62. The summed E-state index contributed by atoms with van der Waals surface area (Å²) in [5, 5.41) is 5.07. The lowest BCUT2D eigenvalue weighted by molar-refractivity contribution is -0.111. The van der Waals surface area contributed by atoms with Crippen LogP contribution < -0.4 is 10.1 Å². The summed E-state index contributed by atoms with van der Waals surface area (Å²) in [4.78, 5) is 17.0. The molecule has 0 bridgehead atoms. The predicted molar refractivity (Wildman–Crippen MR) is 93.4 cm³/mol. The molecule has 1 aromatic carbocycles. The molecule has 0 aliphatic heterocycles. The van der Waals surface area contributed by atoms with Gasteiger partial charge in [-0.2, -0.15) is 0 Å². The Bertz CT molecular complexity index is 852. The summed E-state index contributed by atoms with van der Waals surface area (Å²) < 4.78 is 7.20. The van der Waals surface area contributed by atoms with Crippen LogP contribution in [0, 0.1) is 0 Å². The number of fused-ring (bicyclic) bond motifs is 1. The van der Waals surface area contributed by atoms with Crippen LogP contribution in [0.2, 0.25) is 5.15 Å². The van der Waals surface area contributed by atoms with Gasteiger partial charge in [0.15, 0.2) is 10.1 Å². The quantitative estimate of drug-likeness (QED) is 0.707. The zero-order valence-electron chi connectivity index (χ0n) is 12.3. The zero-order valence-corrected chi connectivity index (χ0v) is 13.9. The average Bonchev–Trinajstić information content (AvgIpc) is 3.08. The molecule has 2 aromatic heterocycles. The number of rotatable bonds is 5. The third-order valence-electron chi connectivity index (χ3n) is 3.08. The van der Waals surface area contributed by atoms with Crippen LogP contribution in [0.5, 0.6) is 5.75 Å². The summed E-state index contributed by atoms with van der Waals surface area (Å²) in [5.74, 6) is 0.530. The minimum absolute atomic E-state index is 0.240. The van der Waals surface area contributed by atoms with E-state index in [1.807, 2.05) is 35.0 Å². The standard InChI is InChI=1S/C16H14ClN3O2S/c1-2-22-12-5-3-11(4-6-12)18-14(21)8-7-13-15(17)19-16-20(13)9-10-23-16/h3-10H,2H2,1H3,(H,18,21)/b8-7+. The van der Waals surface area contributed by atoms with Crippen LogP contribution in [-0.4, -0.2) is 21.9 Å². The molecule has 118 valence electrons. The highest BCUT2D eigenvalue weighted by Crippen LogP contribution is 2.22. The third kappa shape index (κ3) is 3.55. The second kappa shape index (κ2) is 6.85. The number of nitrogens with zero attached hydrogens (tertiary/aromatic N) is 2. The van der Waals surface area contributed by atoms with Crippen LogP contribution >= 0.6 is 22.9 Å². The minimum Gasteiger partial charge on any atom is -0.494 e. The Kier molecular flexibility index (Phi) is 4.64. The van der Waals surface area contributed by atoms with Crippen molar-refractivity contribution < 1.29 is 9.53 Å². The molecule has 0 aliphatic rings. The highest BCUT2D eigenvalue weighted by molar-refractivity contribution is 7.15. The van der Waals surface area contributed by atoms with Crippen LogP contribution in [0.4, 0.5) is 5.69 Å². The van der Waals surface area contributed by atoms with Crippen molar-refractivity contribution in [1.29, 1.82) is 0 Å². The molecule has 5 nitrogen and oxygen atoms in total. The maximum atomic E-state index is 12.0. The van der Waals surface area contributed by atoms with E-state index in [0.29, 0.717) is 23.1 Å². The number of amides is 1. The van der Waals surface area contributed by atoms with Gasteiger partial charge in [0.1, 0.15) is 5.75 Å². The number of anilines is 1. The van der Waals surface area contributed by atoms with Crippen molar-refractivity contribution in [3.05, 3.63) is 52.8 Å². The van der Waals surface area contributed by atoms with E-state index < -0.39 is 0 Å². The van der Waals surface area contributed by atoms with Gasteiger partial charge < -0.3 is 10.1 Å². The van der Waals surface area contributed by atoms with E-state index in [-0.39, 0.29) is 5.91 Å². The van der Waals surface area contributed by atoms with E-state index >= 15 is 0 Å². The number of imidazole rings is 1. The highest BCUT2D eigenvalue weighted by atomic mass is 35.5. The number of ether oxygens (including phenoxy) is 1. The van der Waals surface area contributed by atoms with Gasteiger partial charge in [-0.15, -0.1) is 11.3 Å². The monoisotopic (exact) mass is 347 g/mol. The van der Waals surface area contributed by atoms with Crippen molar-refractivity contribution in [1.82, 2.24) is 9.38 Å². The summed E-state index contributed by atoms with van der Waals surface area (Å²) in [6, 6.07) is 7.20. The van der Waals surface area contributed by atoms with Crippen LogP contribution in [0.1, 0.15) is 12.6 Å². The zero-order chi connectivity index (χ0) is 16.2. The molecule has 0 spiro atoms. The van der Waals surface area contributed by atoms with Crippen LogP contribution in [0.15, 0.2) is 41.9 Å². The van der Waals surface area contributed by atoms with Crippen LogP contribution in [-0.2, 0) is 4.79 Å². The van der Waals surface area contributed by atoms with E-state index in [1.54, 1.807) is 18.2 Å². The summed E-state index contributed by atoms with van der Waals surface area (Å²) in [5.41, 5.74) is 1.38. The SMILES string of the molecule is CCOc1ccc(NC(=O)/C=C/c2c(Cl)nc3sccn23)cc1. The molecule has 2 heterocycles. The topological polar surface area (TPSA) is 55.6 Å². The Morgan fingerprint density at radius 2 is 2.22 bits per heavy atom. The van der Waals surface area contributed by atoms with Gasteiger partial charge in [0.05, 0.1) is 12.3 Å². The van der Waals surface area contributed by atoms with Gasteiger partial charge in [-0.25, -0.2) is 4.98 Å². The molecule has 3 aromatic rings. The van der Waals surface area contributed by atoms with Gasteiger partial charge in [0.2, 0.25) is 5.91 Å². The van der Waals surface area contributed by atoms with Crippen molar-refractivity contribution in [2.24, 2.45) is 0 Å². The van der Waals surface area contributed by atoms with Crippen molar-refractivity contribution >= 4 is 45.6 Å². The number of carbonyl (C=O) groups excluding carboxylic acids is 1. The Balaban J connectivity index is 1.69. The number of hydrogen-bond donors (Lipinski definition) is 1. The lowest BCUT2D eigenvalue weighted by Gasteiger charge is -2.05. The Morgan fingerprint density at radius 3 is 2.96 bits per heavy atom. The van der Waals surface area contributed by atoms with E-state index in [2.05, 4.69) is 10.3 Å². The lowest BCUT2D eigenvalue weighted by atomic mass is 10.3. The first-order valence-corrected chi connectivity index (χ1v) is 8.26. The molecule has 0 fully saturated rings. The van der Waals surface area contributed by atoms with E-state index in [1.165, 1.54) is 17.4 Å². The fourth-order valence-corrected chi connectivity index (χ4v) is 3.07. The summed E-state index contributed by atoms with van der Waals surface area (Å²) in [6.45, 7) is 2.53. The largest absolute Gasteiger partial charge is 0.494 e. The smallest absolute Gasteiger partial charge is 0.248 e. The molecule has 0 unspecified atom stereocenters. The molecule has 0 saturated heterocycles. The minimum atomic E-state index is -0.240. The molecule has 0 aliphatic carbocycles. The van der Waals surface area contributed by atoms with Crippen molar-refractivity contribution in [2.75, 3.05) is 11.9 Å². The second-order valence-corrected chi connectivity index (χ2v) is 5.85. The molecule has 0 saturated carbocycles. The molecule has 1 amide bonds. The maximum Gasteiger partial charge on any atom is 0.248 e. The molecule has 7 heteroatoms. The summed E-state index contributed by atoms with van der Waals surface area (Å²) in [7, 11) is 0. The van der Waals surface area contributed by atoms with E-state index in [9.17, 15) is 4.79 Å². The Labute approximate surface area is 142 Å².